The SMILES string of the molecule is CC1C(Br)=CCS1(=O)=O. The van der Waals surface area contributed by atoms with Gasteiger partial charge in [-0.3, -0.25) is 0 Å². The van der Waals surface area contributed by atoms with Crippen LogP contribution in [0.5, 0.6) is 0 Å². The van der Waals surface area contributed by atoms with E-state index in [1.807, 2.05) is 0 Å². The molecule has 1 aliphatic rings. The molecule has 0 amide bonds. The van der Waals surface area contributed by atoms with E-state index in [0.29, 0.717) is 0 Å². The summed E-state index contributed by atoms with van der Waals surface area (Å²) >= 11 is 3.16. The Balaban J connectivity index is 3.00. The fourth-order valence-corrected chi connectivity index (χ4v) is 3.05. The minimum Gasteiger partial charge on any atom is -0.228 e. The molecule has 0 saturated heterocycles. The van der Waals surface area contributed by atoms with Gasteiger partial charge in [0, 0.05) is 4.48 Å². The summed E-state index contributed by atoms with van der Waals surface area (Å²) in [6.07, 6.45) is 1.69. The molecule has 52 valence electrons. The van der Waals surface area contributed by atoms with E-state index >= 15 is 0 Å². The van der Waals surface area contributed by atoms with E-state index in [1.54, 1.807) is 13.0 Å². The first-order chi connectivity index (χ1) is 4.04. The molecular weight excluding hydrogens is 204 g/mol. The summed E-state index contributed by atoms with van der Waals surface area (Å²) in [5, 5.41) is -0.322. The topological polar surface area (TPSA) is 34.1 Å². The molecule has 0 spiro atoms. The molecule has 1 unspecified atom stereocenters. The predicted octanol–water partition coefficient (Wildman–Crippen LogP) is 1.08. The molecule has 1 aliphatic heterocycles. The van der Waals surface area contributed by atoms with Gasteiger partial charge >= 0.3 is 0 Å². The van der Waals surface area contributed by atoms with Crippen LogP contribution in [0.25, 0.3) is 0 Å². The molecule has 1 rings (SSSR count). The summed E-state index contributed by atoms with van der Waals surface area (Å²) in [5.74, 6) is 0.189. The quantitative estimate of drug-likeness (QED) is 0.600. The molecule has 0 aromatic heterocycles. The predicted molar refractivity (Wildman–Crippen MR) is 40.3 cm³/mol. The lowest BCUT2D eigenvalue weighted by Gasteiger charge is -2.00. The van der Waals surface area contributed by atoms with E-state index in [-0.39, 0.29) is 11.0 Å². The average Bonchev–Trinajstić information content (AvgIpc) is 1.97. The Morgan fingerprint density at radius 3 is 2.44 bits per heavy atom. The third kappa shape index (κ3) is 1.19. The van der Waals surface area contributed by atoms with E-state index in [4.69, 9.17) is 0 Å². The first-order valence-corrected chi connectivity index (χ1v) is 5.12. The zero-order valence-corrected chi connectivity index (χ0v) is 7.37. The average molecular weight is 211 g/mol. The van der Waals surface area contributed by atoms with Crippen molar-refractivity contribution in [3.8, 4) is 0 Å². The molecule has 0 bridgehead atoms. The molecule has 1 atom stereocenters. The van der Waals surface area contributed by atoms with Crippen molar-refractivity contribution in [2.24, 2.45) is 0 Å². The Morgan fingerprint density at radius 2 is 2.33 bits per heavy atom. The van der Waals surface area contributed by atoms with Crippen molar-refractivity contribution < 1.29 is 8.42 Å². The summed E-state index contributed by atoms with van der Waals surface area (Å²) < 4.78 is 22.6. The zero-order valence-electron chi connectivity index (χ0n) is 4.96. The Hall–Kier alpha value is 0.170. The van der Waals surface area contributed by atoms with Crippen molar-refractivity contribution in [2.75, 3.05) is 5.75 Å². The van der Waals surface area contributed by atoms with Crippen molar-refractivity contribution in [3.05, 3.63) is 10.6 Å². The Bertz CT molecular complexity index is 240. The highest BCUT2D eigenvalue weighted by molar-refractivity contribution is 9.12. The van der Waals surface area contributed by atoms with Gasteiger partial charge in [0.2, 0.25) is 0 Å². The van der Waals surface area contributed by atoms with Crippen LogP contribution >= 0.6 is 15.9 Å². The van der Waals surface area contributed by atoms with E-state index < -0.39 is 9.84 Å². The number of hydrogen-bond donors (Lipinski definition) is 0. The summed E-state index contributed by atoms with van der Waals surface area (Å²) in [4.78, 5) is 0. The number of hydrogen-bond acceptors (Lipinski definition) is 2. The Morgan fingerprint density at radius 1 is 1.78 bits per heavy atom. The normalized spacial score (nSPS) is 32.2. The van der Waals surface area contributed by atoms with Gasteiger partial charge in [0.1, 0.15) is 0 Å². The van der Waals surface area contributed by atoms with Crippen molar-refractivity contribution in [1.29, 1.82) is 0 Å². The van der Waals surface area contributed by atoms with Crippen molar-refractivity contribution >= 4 is 25.8 Å². The molecule has 4 heteroatoms. The fourth-order valence-electron chi connectivity index (χ4n) is 0.678. The molecule has 0 aromatic rings. The Kier molecular flexibility index (Phi) is 1.69. The van der Waals surface area contributed by atoms with E-state index in [2.05, 4.69) is 15.9 Å². The third-order valence-electron chi connectivity index (χ3n) is 1.44. The van der Waals surface area contributed by atoms with Gasteiger partial charge < -0.3 is 0 Å². The third-order valence-corrected chi connectivity index (χ3v) is 4.71. The highest BCUT2D eigenvalue weighted by Gasteiger charge is 2.27. The molecule has 0 aliphatic carbocycles. The molecular formula is C5H7BrO2S. The van der Waals surface area contributed by atoms with Gasteiger partial charge in [0.25, 0.3) is 0 Å². The Labute approximate surface area is 63.0 Å². The van der Waals surface area contributed by atoms with Gasteiger partial charge in [0.15, 0.2) is 9.84 Å². The minimum absolute atomic E-state index is 0.189. The molecule has 0 N–H and O–H groups in total. The van der Waals surface area contributed by atoms with Crippen LogP contribution in [0.3, 0.4) is 0 Å². The fraction of sp³-hybridized carbons (Fsp3) is 0.600. The standard InChI is InChI=1S/C5H7BrO2S/c1-4-5(6)2-3-9(4,7)8/h2,4H,3H2,1H3. The van der Waals surface area contributed by atoms with Crippen LogP contribution in [0.15, 0.2) is 10.6 Å². The lowest BCUT2D eigenvalue weighted by Crippen LogP contribution is -2.13. The van der Waals surface area contributed by atoms with Crippen molar-refractivity contribution in [1.82, 2.24) is 0 Å². The van der Waals surface area contributed by atoms with Crippen LogP contribution < -0.4 is 0 Å². The van der Waals surface area contributed by atoms with Crippen LogP contribution in [0.2, 0.25) is 0 Å². The molecule has 9 heavy (non-hydrogen) atoms. The molecule has 1 heterocycles. The van der Waals surface area contributed by atoms with Crippen LogP contribution in [0, 0.1) is 0 Å². The summed E-state index contributed by atoms with van der Waals surface area (Å²) in [6.45, 7) is 1.68. The maximum absolute atomic E-state index is 10.9. The first kappa shape index (κ1) is 7.28. The molecule has 0 saturated carbocycles. The summed E-state index contributed by atoms with van der Waals surface area (Å²) in [7, 11) is -2.81. The number of sulfone groups is 1. The van der Waals surface area contributed by atoms with Crippen LogP contribution in [-0.4, -0.2) is 19.4 Å². The highest BCUT2D eigenvalue weighted by Crippen LogP contribution is 2.24. The largest absolute Gasteiger partial charge is 0.228 e. The van der Waals surface area contributed by atoms with Crippen LogP contribution in [-0.2, 0) is 9.84 Å². The number of halogens is 1. The van der Waals surface area contributed by atoms with Gasteiger partial charge in [-0.05, 0) is 6.92 Å². The molecule has 2 nitrogen and oxygen atoms in total. The van der Waals surface area contributed by atoms with Gasteiger partial charge in [-0.1, -0.05) is 22.0 Å². The minimum atomic E-state index is -2.81. The van der Waals surface area contributed by atoms with Gasteiger partial charge in [0.05, 0.1) is 11.0 Å². The van der Waals surface area contributed by atoms with Crippen molar-refractivity contribution in [3.63, 3.8) is 0 Å². The molecule has 0 aromatic carbocycles. The zero-order chi connectivity index (χ0) is 7.07. The maximum Gasteiger partial charge on any atom is 0.161 e. The second-order valence-corrected chi connectivity index (χ2v) is 5.34. The van der Waals surface area contributed by atoms with Gasteiger partial charge in [-0.2, -0.15) is 0 Å². The lowest BCUT2D eigenvalue weighted by molar-refractivity contribution is 0.596. The van der Waals surface area contributed by atoms with E-state index in [0.717, 1.165) is 4.48 Å². The van der Waals surface area contributed by atoms with Gasteiger partial charge in [-0.15, -0.1) is 0 Å². The van der Waals surface area contributed by atoms with Crippen molar-refractivity contribution in [2.45, 2.75) is 12.2 Å². The van der Waals surface area contributed by atoms with Gasteiger partial charge in [-0.25, -0.2) is 8.42 Å². The summed E-state index contributed by atoms with van der Waals surface area (Å²) in [5.41, 5.74) is 0. The molecule has 0 fully saturated rings. The maximum atomic E-state index is 10.9. The smallest absolute Gasteiger partial charge is 0.161 e. The summed E-state index contributed by atoms with van der Waals surface area (Å²) in [6, 6.07) is 0. The van der Waals surface area contributed by atoms with E-state index in [1.165, 1.54) is 0 Å². The van der Waals surface area contributed by atoms with Crippen LogP contribution in [0.4, 0.5) is 0 Å². The lowest BCUT2D eigenvalue weighted by atomic mass is 10.4. The second kappa shape index (κ2) is 2.09. The first-order valence-electron chi connectivity index (χ1n) is 2.61. The molecule has 0 radical (unpaired) electrons. The van der Waals surface area contributed by atoms with E-state index in [9.17, 15) is 8.42 Å². The van der Waals surface area contributed by atoms with Crippen LogP contribution in [0.1, 0.15) is 6.92 Å². The highest BCUT2D eigenvalue weighted by atomic mass is 79.9. The monoisotopic (exact) mass is 210 g/mol. The second-order valence-electron chi connectivity index (χ2n) is 2.06. The number of rotatable bonds is 0.